The van der Waals surface area contributed by atoms with Gasteiger partial charge >= 0.3 is 0 Å². The van der Waals surface area contributed by atoms with Gasteiger partial charge in [-0.25, -0.2) is 8.42 Å². The number of aromatic nitrogens is 1. The summed E-state index contributed by atoms with van der Waals surface area (Å²) in [4.78, 5) is 4.55. The fraction of sp³-hybridized carbons (Fsp3) is 0.0870. The fourth-order valence-electron chi connectivity index (χ4n) is 3.16. The van der Waals surface area contributed by atoms with Gasteiger partial charge in [0.05, 0.1) is 10.9 Å². The molecule has 0 bridgehead atoms. The Balaban J connectivity index is 1.93. The minimum atomic E-state index is -3.91. The molecule has 1 atom stereocenters. The number of rotatable bonds is 5. The predicted molar refractivity (Wildman–Crippen MR) is 111 cm³/mol. The summed E-state index contributed by atoms with van der Waals surface area (Å²) in [6, 6.07) is 24.2. The van der Waals surface area contributed by atoms with E-state index < -0.39 is 15.9 Å². The predicted octanol–water partition coefficient (Wildman–Crippen LogP) is 4.53. The van der Waals surface area contributed by atoms with Crippen LogP contribution in [-0.4, -0.2) is 13.4 Å². The highest BCUT2D eigenvalue weighted by Crippen LogP contribution is 2.34. The average molecular weight is 404 g/mol. The lowest BCUT2D eigenvalue weighted by Crippen LogP contribution is -2.15. The van der Waals surface area contributed by atoms with Crippen molar-refractivity contribution < 1.29 is 12.8 Å². The van der Waals surface area contributed by atoms with E-state index in [2.05, 4.69) is 4.98 Å². The van der Waals surface area contributed by atoms with Crippen LogP contribution in [0.5, 0.6) is 0 Å². The van der Waals surface area contributed by atoms with Crippen molar-refractivity contribution in [3.8, 4) is 11.5 Å². The molecular formula is C23H20N2O3S. The van der Waals surface area contributed by atoms with Crippen molar-refractivity contribution in [3.63, 3.8) is 0 Å². The summed E-state index contributed by atoms with van der Waals surface area (Å²) >= 11 is 0. The first-order chi connectivity index (χ1) is 14.0. The van der Waals surface area contributed by atoms with Crippen molar-refractivity contribution in [2.45, 2.75) is 22.9 Å². The largest absolute Gasteiger partial charge is 0.438 e. The van der Waals surface area contributed by atoms with E-state index in [-0.39, 0.29) is 21.6 Å². The topological polar surface area (TPSA) is 86.2 Å². The van der Waals surface area contributed by atoms with Crippen LogP contribution in [0.1, 0.15) is 22.9 Å². The Morgan fingerprint density at radius 3 is 2.10 bits per heavy atom. The molecule has 2 N–H and O–H groups in total. The third-order valence-electron chi connectivity index (χ3n) is 4.75. The molecule has 0 saturated heterocycles. The Kier molecular flexibility index (Phi) is 5.05. The molecule has 0 aliphatic rings. The fourth-order valence-corrected chi connectivity index (χ4v) is 4.53. The van der Waals surface area contributed by atoms with E-state index in [0.29, 0.717) is 0 Å². The standard InChI is InChI=1S/C23H20N2O3S/c1-16-10-8-9-15-19(16)22-25-23(29(26,27)18-13-6-3-7-14-18)21(28-22)20(24)17-11-4-2-5-12-17/h2-15,20H,24H2,1H3. The van der Waals surface area contributed by atoms with Crippen LogP contribution in [0, 0.1) is 6.92 Å². The summed E-state index contributed by atoms with van der Waals surface area (Å²) in [5.41, 5.74) is 8.82. The van der Waals surface area contributed by atoms with Gasteiger partial charge in [-0.2, -0.15) is 4.98 Å². The zero-order valence-electron chi connectivity index (χ0n) is 15.8. The third-order valence-corrected chi connectivity index (χ3v) is 6.44. The number of benzene rings is 3. The first kappa shape index (κ1) is 19.1. The Hall–Kier alpha value is -3.22. The summed E-state index contributed by atoms with van der Waals surface area (Å²) in [6.07, 6.45) is 0. The molecule has 0 amide bonds. The Morgan fingerprint density at radius 1 is 0.862 bits per heavy atom. The Bertz CT molecular complexity index is 1230. The first-order valence-corrected chi connectivity index (χ1v) is 10.6. The van der Waals surface area contributed by atoms with Gasteiger partial charge in [0.15, 0.2) is 5.76 Å². The second kappa shape index (κ2) is 7.66. The highest BCUT2D eigenvalue weighted by molar-refractivity contribution is 7.91. The smallest absolute Gasteiger partial charge is 0.227 e. The van der Waals surface area contributed by atoms with Crippen LogP contribution in [0.4, 0.5) is 0 Å². The molecular weight excluding hydrogens is 384 g/mol. The van der Waals surface area contributed by atoms with Crippen molar-refractivity contribution in [1.82, 2.24) is 4.98 Å². The summed E-state index contributed by atoms with van der Waals surface area (Å²) in [7, 11) is -3.91. The summed E-state index contributed by atoms with van der Waals surface area (Å²) < 4.78 is 32.7. The Labute approximate surface area is 169 Å². The quantitative estimate of drug-likeness (QED) is 0.528. The third kappa shape index (κ3) is 3.60. The average Bonchev–Trinajstić information content (AvgIpc) is 3.21. The highest BCUT2D eigenvalue weighted by atomic mass is 32.2. The normalized spacial score (nSPS) is 12.6. The van der Waals surface area contributed by atoms with Gasteiger partial charge < -0.3 is 10.2 Å². The van der Waals surface area contributed by atoms with Crippen LogP contribution < -0.4 is 5.73 Å². The van der Waals surface area contributed by atoms with E-state index in [4.69, 9.17) is 10.2 Å². The number of sulfone groups is 1. The number of hydrogen-bond donors (Lipinski definition) is 1. The van der Waals surface area contributed by atoms with E-state index in [1.54, 1.807) is 18.2 Å². The maximum Gasteiger partial charge on any atom is 0.227 e. The van der Waals surface area contributed by atoms with Gasteiger partial charge in [0, 0.05) is 5.56 Å². The number of oxazole rings is 1. The van der Waals surface area contributed by atoms with Gasteiger partial charge in [0.1, 0.15) is 0 Å². The minimum absolute atomic E-state index is 0.123. The zero-order chi connectivity index (χ0) is 20.4. The van der Waals surface area contributed by atoms with Gasteiger partial charge in [-0.1, -0.05) is 66.7 Å². The molecule has 1 aromatic heterocycles. The van der Waals surface area contributed by atoms with Crippen LogP contribution in [0.15, 0.2) is 99.3 Å². The highest BCUT2D eigenvalue weighted by Gasteiger charge is 2.31. The maximum atomic E-state index is 13.3. The van der Waals surface area contributed by atoms with E-state index >= 15 is 0 Å². The van der Waals surface area contributed by atoms with E-state index in [1.165, 1.54) is 12.1 Å². The molecule has 0 fully saturated rings. The van der Waals surface area contributed by atoms with E-state index in [9.17, 15) is 8.42 Å². The minimum Gasteiger partial charge on any atom is -0.438 e. The van der Waals surface area contributed by atoms with Crippen LogP contribution in [0.25, 0.3) is 11.5 Å². The van der Waals surface area contributed by atoms with Gasteiger partial charge in [-0.3, -0.25) is 0 Å². The number of aryl methyl sites for hydroxylation is 1. The monoisotopic (exact) mass is 404 g/mol. The van der Waals surface area contributed by atoms with Crippen molar-refractivity contribution in [1.29, 1.82) is 0 Å². The molecule has 0 spiro atoms. The van der Waals surface area contributed by atoms with Crippen molar-refractivity contribution in [2.75, 3.05) is 0 Å². The SMILES string of the molecule is Cc1ccccc1-c1nc(S(=O)(=O)c2ccccc2)c(C(N)c2ccccc2)o1. The van der Waals surface area contributed by atoms with Crippen molar-refractivity contribution in [3.05, 3.63) is 102 Å². The molecule has 4 aromatic rings. The van der Waals surface area contributed by atoms with Crippen LogP contribution in [-0.2, 0) is 9.84 Å². The molecule has 0 aliphatic heterocycles. The molecule has 146 valence electrons. The van der Waals surface area contributed by atoms with E-state index in [1.807, 2.05) is 61.5 Å². The lowest BCUT2D eigenvalue weighted by Gasteiger charge is -2.11. The number of hydrogen-bond acceptors (Lipinski definition) is 5. The number of nitrogens with two attached hydrogens (primary N) is 1. The second-order valence-corrected chi connectivity index (χ2v) is 8.57. The van der Waals surface area contributed by atoms with Gasteiger partial charge in [-0.15, -0.1) is 0 Å². The lowest BCUT2D eigenvalue weighted by atomic mass is 10.1. The molecule has 0 aliphatic carbocycles. The molecule has 6 heteroatoms. The second-order valence-electron chi connectivity index (χ2n) is 6.71. The first-order valence-electron chi connectivity index (χ1n) is 9.16. The van der Waals surface area contributed by atoms with Crippen molar-refractivity contribution in [2.24, 2.45) is 5.73 Å². The molecule has 0 saturated carbocycles. The number of nitrogens with zero attached hydrogens (tertiary/aromatic N) is 1. The van der Waals surface area contributed by atoms with Crippen molar-refractivity contribution >= 4 is 9.84 Å². The molecule has 29 heavy (non-hydrogen) atoms. The lowest BCUT2D eigenvalue weighted by molar-refractivity contribution is 0.487. The van der Waals surface area contributed by atoms with Gasteiger partial charge in [0.25, 0.3) is 0 Å². The van der Waals surface area contributed by atoms with E-state index in [0.717, 1.165) is 16.7 Å². The zero-order valence-corrected chi connectivity index (χ0v) is 16.6. The summed E-state index contributed by atoms with van der Waals surface area (Å²) in [5, 5.41) is -0.154. The Morgan fingerprint density at radius 2 is 1.45 bits per heavy atom. The molecule has 4 rings (SSSR count). The molecule has 5 nitrogen and oxygen atoms in total. The van der Waals surface area contributed by atoms with Crippen LogP contribution >= 0.6 is 0 Å². The summed E-state index contributed by atoms with van der Waals surface area (Å²) in [5.74, 6) is 0.359. The molecule has 0 radical (unpaired) electrons. The van der Waals surface area contributed by atoms with Gasteiger partial charge in [0.2, 0.25) is 20.8 Å². The van der Waals surface area contributed by atoms with Crippen LogP contribution in [0.3, 0.4) is 0 Å². The molecule has 1 heterocycles. The van der Waals surface area contributed by atoms with Crippen LogP contribution in [0.2, 0.25) is 0 Å². The van der Waals surface area contributed by atoms with Gasteiger partial charge in [-0.05, 0) is 36.2 Å². The summed E-state index contributed by atoms with van der Waals surface area (Å²) in [6.45, 7) is 1.92. The molecule has 3 aromatic carbocycles. The molecule has 1 unspecified atom stereocenters. The maximum absolute atomic E-state index is 13.3.